The second kappa shape index (κ2) is 4.15. The first-order valence-electron chi connectivity index (χ1n) is 4.22. The zero-order chi connectivity index (χ0) is 10.7. The summed E-state index contributed by atoms with van der Waals surface area (Å²) in [5, 5.41) is 0. The Morgan fingerprint density at radius 2 is 1.79 bits per heavy atom. The van der Waals surface area contributed by atoms with E-state index in [1.54, 1.807) is 24.3 Å². The van der Waals surface area contributed by atoms with Gasteiger partial charge in [0.2, 0.25) is 0 Å². The number of benzene rings is 1. The van der Waals surface area contributed by atoms with E-state index in [1.807, 2.05) is 0 Å². The molecule has 0 amide bonds. The lowest BCUT2D eigenvalue weighted by atomic mass is 10.0. The Balaban J connectivity index is 2.94. The van der Waals surface area contributed by atoms with E-state index in [1.165, 1.54) is 6.92 Å². The van der Waals surface area contributed by atoms with Crippen molar-refractivity contribution < 1.29 is 9.18 Å². The molecule has 0 saturated heterocycles. The largest absolute Gasteiger partial charge is 0.298 e. The third kappa shape index (κ3) is 2.26. The lowest BCUT2D eigenvalue weighted by Gasteiger charge is -2.06. The number of alkyl halides is 1. The molecule has 1 unspecified atom stereocenters. The molecule has 3 heteroatoms. The molecule has 0 aliphatic rings. The number of Topliss-reactive ketones (excluding diaryl/α,β-unsaturated/α-hetero) is 1. The van der Waals surface area contributed by atoms with E-state index in [2.05, 4.69) is 6.58 Å². The highest BCUT2D eigenvalue weighted by atomic mass is 19.1. The van der Waals surface area contributed by atoms with Crippen LogP contribution in [-0.2, 0) is 0 Å². The number of ketones is 1. The van der Waals surface area contributed by atoms with Gasteiger partial charge in [0, 0.05) is 11.1 Å². The Hall–Kier alpha value is -1.48. The van der Waals surface area contributed by atoms with Gasteiger partial charge in [-0.15, -0.1) is 0 Å². The van der Waals surface area contributed by atoms with Crippen molar-refractivity contribution in [3.8, 4) is 0 Å². The normalized spacial score (nSPS) is 12.2. The molecule has 74 valence electrons. The molecule has 0 heterocycles. The molecule has 0 bridgehead atoms. The molecule has 1 rings (SSSR count). The Morgan fingerprint density at radius 1 is 1.36 bits per heavy atom. The molecule has 2 N–H and O–H groups in total. The van der Waals surface area contributed by atoms with Crippen molar-refractivity contribution in [1.29, 1.82) is 0 Å². The predicted molar refractivity (Wildman–Crippen MR) is 54.6 cm³/mol. The highest BCUT2D eigenvalue weighted by Gasteiger charge is 2.07. The lowest BCUT2D eigenvalue weighted by molar-refractivity contribution is 0.101. The summed E-state index contributed by atoms with van der Waals surface area (Å²) in [6.07, 6.45) is -1.56. The van der Waals surface area contributed by atoms with Gasteiger partial charge in [0.15, 0.2) is 12.1 Å². The number of carbonyl (C=O) groups excluding carboxylic acids is 1. The highest BCUT2D eigenvalue weighted by molar-refractivity contribution is 5.94. The number of rotatable bonds is 3. The predicted octanol–water partition coefficient (Wildman–Crippen LogP) is 2.16. The SMILES string of the molecule is C=C(c1ccc(C(C)=O)cc1)C(N)F. The zero-order valence-corrected chi connectivity index (χ0v) is 7.96. The van der Waals surface area contributed by atoms with Crippen LogP contribution in [0.2, 0.25) is 0 Å². The minimum absolute atomic E-state index is 0.0216. The van der Waals surface area contributed by atoms with Crippen LogP contribution in [0.15, 0.2) is 30.8 Å². The molecule has 0 aliphatic heterocycles. The molecule has 1 aromatic carbocycles. The van der Waals surface area contributed by atoms with Crippen LogP contribution < -0.4 is 5.73 Å². The van der Waals surface area contributed by atoms with Gasteiger partial charge >= 0.3 is 0 Å². The molecular weight excluding hydrogens is 181 g/mol. The maximum absolute atomic E-state index is 12.7. The zero-order valence-electron chi connectivity index (χ0n) is 7.96. The summed E-state index contributed by atoms with van der Waals surface area (Å²) < 4.78 is 12.7. The van der Waals surface area contributed by atoms with Gasteiger partial charge < -0.3 is 0 Å². The monoisotopic (exact) mass is 193 g/mol. The summed E-state index contributed by atoms with van der Waals surface area (Å²) in [5.74, 6) is -0.0216. The molecule has 0 fully saturated rings. The summed E-state index contributed by atoms with van der Waals surface area (Å²) in [6, 6.07) is 6.54. The Morgan fingerprint density at radius 3 is 2.14 bits per heavy atom. The van der Waals surface area contributed by atoms with Crippen molar-refractivity contribution in [2.75, 3.05) is 0 Å². The number of carbonyl (C=O) groups is 1. The van der Waals surface area contributed by atoms with Crippen LogP contribution in [0.3, 0.4) is 0 Å². The van der Waals surface area contributed by atoms with Gasteiger partial charge in [-0.2, -0.15) is 0 Å². The third-order valence-electron chi connectivity index (χ3n) is 2.00. The first-order valence-corrected chi connectivity index (χ1v) is 4.22. The number of nitrogens with two attached hydrogens (primary N) is 1. The molecule has 14 heavy (non-hydrogen) atoms. The van der Waals surface area contributed by atoms with Crippen LogP contribution >= 0.6 is 0 Å². The maximum atomic E-state index is 12.7. The van der Waals surface area contributed by atoms with Gasteiger partial charge in [-0.25, -0.2) is 4.39 Å². The molecule has 0 saturated carbocycles. The summed E-state index contributed by atoms with van der Waals surface area (Å²) in [6.45, 7) is 4.99. The van der Waals surface area contributed by atoms with Crippen molar-refractivity contribution in [3.63, 3.8) is 0 Å². The summed E-state index contributed by atoms with van der Waals surface area (Å²) in [7, 11) is 0. The fraction of sp³-hybridized carbons (Fsp3) is 0.182. The average molecular weight is 193 g/mol. The van der Waals surface area contributed by atoms with Crippen LogP contribution in [0, 0.1) is 0 Å². The minimum atomic E-state index is -1.56. The quantitative estimate of drug-likeness (QED) is 0.590. The smallest absolute Gasteiger partial charge is 0.174 e. The Labute approximate surface area is 82.2 Å². The second-order valence-corrected chi connectivity index (χ2v) is 3.06. The fourth-order valence-corrected chi connectivity index (χ4v) is 1.08. The summed E-state index contributed by atoms with van der Waals surface area (Å²) in [4.78, 5) is 10.9. The Bertz CT molecular complexity index is 354. The molecule has 2 nitrogen and oxygen atoms in total. The van der Waals surface area contributed by atoms with Gasteiger partial charge in [-0.3, -0.25) is 10.5 Å². The van der Waals surface area contributed by atoms with Crippen molar-refractivity contribution in [2.45, 2.75) is 13.2 Å². The van der Waals surface area contributed by atoms with Crippen LogP contribution in [0.1, 0.15) is 22.8 Å². The Kier molecular flexibility index (Phi) is 3.14. The van der Waals surface area contributed by atoms with Crippen molar-refractivity contribution in [3.05, 3.63) is 42.0 Å². The van der Waals surface area contributed by atoms with Gasteiger partial charge in [-0.1, -0.05) is 30.8 Å². The van der Waals surface area contributed by atoms with Crippen LogP contribution in [0.5, 0.6) is 0 Å². The van der Waals surface area contributed by atoms with E-state index in [4.69, 9.17) is 5.73 Å². The second-order valence-electron chi connectivity index (χ2n) is 3.06. The fourth-order valence-electron chi connectivity index (χ4n) is 1.08. The van der Waals surface area contributed by atoms with Crippen molar-refractivity contribution in [2.24, 2.45) is 5.73 Å². The van der Waals surface area contributed by atoms with Crippen LogP contribution in [0.4, 0.5) is 4.39 Å². The third-order valence-corrected chi connectivity index (χ3v) is 2.00. The molecule has 0 aliphatic carbocycles. The highest BCUT2D eigenvalue weighted by Crippen LogP contribution is 2.16. The number of hydrogen-bond donors (Lipinski definition) is 1. The standard InChI is InChI=1S/C11H12FNO/c1-7(11(12)13)9-3-5-10(6-4-9)8(2)14/h3-6,11H,1,13H2,2H3. The van der Waals surface area contributed by atoms with E-state index >= 15 is 0 Å². The molecular formula is C11H12FNO. The van der Waals surface area contributed by atoms with Gasteiger partial charge in [0.25, 0.3) is 0 Å². The molecule has 1 atom stereocenters. The van der Waals surface area contributed by atoms with Crippen LogP contribution in [-0.4, -0.2) is 12.1 Å². The van der Waals surface area contributed by atoms with Crippen molar-refractivity contribution in [1.82, 2.24) is 0 Å². The first kappa shape index (κ1) is 10.6. The number of halogens is 1. The van der Waals surface area contributed by atoms with E-state index in [-0.39, 0.29) is 11.4 Å². The van der Waals surface area contributed by atoms with Crippen molar-refractivity contribution >= 4 is 11.4 Å². The lowest BCUT2D eigenvalue weighted by Crippen LogP contribution is -2.14. The summed E-state index contributed by atoms with van der Waals surface area (Å²) in [5.41, 5.74) is 6.46. The van der Waals surface area contributed by atoms with E-state index in [9.17, 15) is 9.18 Å². The van der Waals surface area contributed by atoms with E-state index < -0.39 is 6.30 Å². The topological polar surface area (TPSA) is 43.1 Å². The van der Waals surface area contributed by atoms with E-state index in [0.29, 0.717) is 11.1 Å². The van der Waals surface area contributed by atoms with Crippen LogP contribution in [0.25, 0.3) is 5.57 Å². The molecule has 0 radical (unpaired) electrons. The average Bonchev–Trinajstić information content (AvgIpc) is 2.16. The van der Waals surface area contributed by atoms with Gasteiger partial charge in [0.05, 0.1) is 0 Å². The van der Waals surface area contributed by atoms with Gasteiger partial charge in [0.1, 0.15) is 0 Å². The molecule has 1 aromatic rings. The number of hydrogen-bond acceptors (Lipinski definition) is 2. The van der Waals surface area contributed by atoms with E-state index in [0.717, 1.165) is 0 Å². The maximum Gasteiger partial charge on any atom is 0.174 e. The summed E-state index contributed by atoms with van der Waals surface area (Å²) >= 11 is 0. The minimum Gasteiger partial charge on any atom is -0.298 e. The molecule has 0 aromatic heterocycles. The molecule has 0 spiro atoms. The first-order chi connectivity index (χ1) is 6.52. The van der Waals surface area contributed by atoms with Gasteiger partial charge in [-0.05, 0) is 12.5 Å².